The smallest absolute Gasteiger partial charge is 0.0931 e. The van der Waals surface area contributed by atoms with E-state index in [1.807, 2.05) is 35.2 Å². The Bertz CT molecular complexity index is 508. The molecule has 0 bridgehead atoms. The van der Waals surface area contributed by atoms with Crippen LogP contribution >= 0.6 is 46.0 Å². The Balaban J connectivity index is 1.91. The molecule has 5 heteroatoms. The van der Waals surface area contributed by atoms with Crippen LogP contribution in [0.25, 0.3) is 0 Å². The van der Waals surface area contributed by atoms with Crippen LogP contribution < -0.4 is 5.73 Å². The van der Waals surface area contributed by atoms with Gasteiger partial charge in [0.2, 0.25) is 0 Å². The summed E-state index contributed by atoms with van der Waals surface area (Å²) in [4.78, 5) is 3.95. The lowest BCUT2D eigenvalue weighted by atomic mass is 10.1. The number of halogens is 1. The predicted molar refractivity (Wildman–Crippen MR) is 79.5 cm³/mol. The Morgan fingerprint density at radius 1 is 1.24 bits per heavy atom. The molecule has 17 heavy (non-hydrogen) atoms. The number of hydrogen-bond acceptors (Lipinski definition) is 4. The van der Waals surface area contributed by atoms with Crippen LogP contribution in [0.15, 0.2) is 18.2 Å². The van der Waals surface area contributed by atoms with Gasteiger partial charge in [-0.3, -0.25) is 0 Å². The van der Waals surface area contributed by atoms with Crippen LogP contribution in [0.4, 0.5) is 0 Å². The lowest BCUT2D eigenvalue weighted by Crippen LogP contribution is -2.07. The Morgan fingerprint density at radius 2 is 2.12 bits per heavy atom. The Kier molecular flexibility index (Phi) is 3.50. The molecule has 0 aromatic carbocycles. The summed E-state index contributed by atoms with van der Waals surface area (Å²) in [6.07, 6.45) is 1.20. The maximum Gasteiger partial charge on any atom is 0.0931 e. The molecule has 2 aromatic rings. The van der Waals surface area contributed by atoms with Crippen LogP contribution in [-0.4, -0.2) is 5.75 Å². The Morgan fingerprint density at radius 3 is 2.82 bits per heavy atom. The second kappa shape index (κ2) is 4.94. The van der Waals surface area contributed by atoms with E-state index in [1.54, 1.807) is 11.3 Å². The van der Waals surface area contributed by atoms with Gasteiger partial charge in [0.05, 0.1) is 10.4 Å². The number of fused-ring (bicyclic) bond motifs is 1. The number of rotatable bonds is 2. The standard InChI is InChI=1S/C12H12ClNS3/c13-11-2-1-9(17-11)12(14)10-5-7-6-15-4-3-8(7)16-10/h1-2,5,12H,3-4,6,14H2. The lowest BCUT2D eigenvalue weighted by Gasteiger charge is -2.08. The van der Waals surface area contributed by atoms with Crippen LogP contribution in [0.1, 0.15) is 26.2 Å². The molecule has 1 aliphatic heterocycles. The van der Waals surface area contributed by atoms with Gasteiger partial charge in [-0.15, -0.1) is 22.7 Å². The first-order chi connectivity index (χ1) is 8.24. The zero-order valence-corrected chi connectivity index (χ0v) is 12.3. The van der Waals surface area contributed by atoms with Gasteiger partial charge < -0.3 is 5.73 Å². The number of thioether (sulfide) groups is 1. The van der Waals surface area contributed by atoms with Gasteiger partial charge >= 0.3 is 0 Å². The summed E-state index contributed by atoms with van der Waals surface area (Å²) in [5.41, 5.74) is 7.78. The van der Waals surface area contributed by atoms with E-state index >= 15 is 0 Å². The molecular weight excluding hydrogens is 290 g/mol. The normalized spacial score (nSPS) is 16.8. The summed E-state index contributed by atoms with van der Waals surface area (Å²) in [5.74, 6) is 2.39. The number of hydrogen-bond donors (Lipinski definition) is 1. The van der Waals surface area contributed by atoms with Crippen molar-refractivity contribution in [3.05, 3.63) is 42.7 Å². The van der Waals surface area contributed by atoms with Gasteiger partial charge in [0.25, 0.3) is 0 Å². The van der Waals surface area contributed by atoms with E-state index in [1.165, 1.54) is 27.5 Å². The highest BCUT2D eigenvalue weighted by molar-refractivity contribution is 7.98. The van der Waals surface area contributed by atoms with Gasteiger partial charge in [0.1, 0.15) is 0 Å². The molecule has 0 saturated carbocycles. The molecule has 1 unspecified atom stereocenters. The quantitative estimate of drug-likeness (QED) is 0.895. The molecule has 1 atom stereocenters. The molecule has 0 radical (unpaired) electrons. The Labute approximate surface area is 118 Å². The highest BCUT2D eigenvalue weighted by Gasteiger charge is 2.19. The van der Waals surface area contributed by atoms with E-state index in [0.717, 1.165) is 15.0 Å². The third-order valence-electron chi connectivity index (χ3n) is 2.85. The maximum absolute atomic E-state index is 6.30. The maximum atomic E-state index is 6.30. The van der Waals surface area contributed by atoms with Crippen molar-refractivity contribution in [2.24, 2.45) is 5.73 Å². The van der Waals surface area contributed by atoms with Crippen molar-refractivity contribution in [2.45, 2.75) is 18.2 Å². The van der Waals surface area contributed by atoms with Gasteiger partial charge in [0, 0.05) is 20.4 Å². The van der Waals surface area contributed by atoms with Crippen LogP contribution in [0.2, 0.25) is 4.34 Å². The molecule has 1 nitrogen and oxygen atoms in total. The largest absolute Gasteiger partial charge is 0.319 e. The molecule has 2 aromatic heterocycles. The van der Waals surface area contributed by atoms with E-state index in [9.17, 15) is 0 Å². The first kappa shape index (κ1) is 12.1. The van der Waals surface area contributed by atoms with E-state index in [2.05, 4.69) is 6.07 Å². The van der Waals surface area contributed by atoms with Gasteiger partial charge in [-0.05, 0) is 35.9 Å². The van der Waals surface area contributed by atoms with Gasteiger partial charge in [-0.1, -0.05) is 11.6 Å². The van der Waals surface area contributed by atoms with Crippen molar-refractivity contribution >= 4 is 46.0 Å². The molecule has 3 heterocycles. The van der Waals surface area contributed by atoms with Crippen molar-refractivity contribution in [3.63, 3.8) is 0 Å². The van der Waals surface area contributed by atoms with Gasteiger partial charge in [-0.25, -0.2) is 0 Å². The number of nitrogens with two attached hydrogens (primary N) is 1. The first-order valence-electron chi connectivity index (χ1n) is 5.44. The zero-order valence-electron chi connectivity index (χ0n) is 9.11. The minimum Gasteiger partial charge on any atom is -0.319 e. The zero-order chi connectivity index (χ0) is 11.8. The van der Waals surface area contributed by atoms with Crippen LogP contribution in [0, 0.1) is 0 Å². The summed E-state index contributed by atoms with van der Waals surface area (Å²) >= 11 is 11.4. The van der Waals surface area contributed by atoms with E-state index in [0.29, 0.717) is 0 Å². The summed E-state index contributed by atoms with van der Waals surface area (Å²) in [7, 11) is 0. The fourth-order valence-corrected chi connectivity index (χ4v) is 5.51. The van der Waals surface area contributed by atoms with Crippen LogP contribution in [0.5, 0.6) is 0 Å². The average molecular weight is 302 g/mol. The van der Waals surface area contributed by atoms with Crippen molar-refractivity contribution in [1.82, 2.24) is 0 Å². The average Bonchev–Trinajstić information content (AvgIpc) is 2.93. The number of aryl methyl sites for hydroxylation is 1. The summed E-state index contributed by atoms with van der Waals surface area (Å²) in [6, 6.07) is 6.23. The van der Waals surface area contributed by atoms with Crippen molar-refractivity contribution < 1.29 is 0 Å². The fourth-order valence-electron chi connectivity index (χ4n) is 1.96. The van der Waals surface area contributed by atoms with Crippen molar-refractivity contribution in [2.75, 3.05) is 5.75 Å². The molecule has 3 rings (SSSR count). The molecular formula is C12H12ClNS3. The molecule has 0 fully saturated rings. The SMILES string of the molecule is NC(c1ccc(Cl)s1)c1cc2c(s1)CCSC2. The summed E-state index contributed by atoms with van der Waals surface area (Å²) in [6.45, 7) is 0. The van der Waals surface area contributed by atoms with E-state index in [4.69, 9.17) is 17.3 Å². The molecule has 0 aliphatic carbocycles. The molecule has 0 amide bonds. The minimum absolute atomic E-state index is 0.00639. The summed E-state index contributed by atoms with van der Waals surface area (Å²) in [5, 5.41) is 0. The molecule has 1 aliphatic rings. The lowest BCUT2D eigenvalue weighted by molar-refractivity contribution is 0.916. The third kappa shape index (κ3) is 2.42. The van der Waals surface area contributed by atoms with Crippen molar-refractivity contribution in [1.29, 1.82) is 0 Å². The van der Waals surface area contributed by atoms with E-state index in [-0.39, 0.29) is 6.04 Å². The molecule has 0 saturated heterocycles. The van der Waals surface area contributed by atoms with Crippen molar-refractivity contribution in [3.8, 4) is 0 Å². The Hall–Kier alpha value is -0.000000000000000111. The van der Waals surface area contributed by atoms with Crippen LogP contribution in [0.3, 0.4) is 0 Å². The fraction of sp³-hybridized carbons (Fsp3) is 0.333. The topological polar surface area (TPSA) is 26.0 Å². The van der Waals surface area contributed by atoms with Crippen LogP contribution in [-0.2, 0) is 12.2 Å². The molecule has 90 valence electrons. The third-order valence-corrected chi connectivity index (χ3v) is 6.50. The van der Waals surface area contributed by atoms with E-state index < -0.39 is 0 Å². The minimum atomic E-state index is -0.00639. The van der Waals surface area contributed by atoms with Gasteiger partial charge in [0.15, 0.2) is 0 Å². The highest BCUT2D eigenvalue weighted by atomic mass is 35.5. The highest BCUT2D eigenvalue weighted by Crippen LogP contribution is 2.37. The molecule has 2 N–H and O–H groups in total. The monoisotopic (exact) mass is 301 g/mol. The van der Waals surface area contributed by atoms with Gasteiger partial charge in [-0.2, -0.15) is 11.8 Å². The number of thiophene rings is 2. The first-order valence-corrected chi connectivity index (χ1v) is 8.60. The second-order valence-corrected chi connectivity index (χ2v) is 8.04. The molecule has 0 spiro atoms. The second-order valence-electron chi connectivity index (χ2n) is 4.02. The predicted octanol–water partition coefficient (Wildman–Crippen LogP) is 4.30. The summed E-state index contributed by atoms with van der Waals surface area (Å²) < 4.78 is 0.812.